The lowest BCUT2D eigenvalue weighted by atomic mass is 9.69. The number of aliphatic imine (C=N–C) groups is 1. The van der Waals surface area contributed by atoms with E-state index in [1.807, 2.05) is 0 Å². The van der Waals surface area contributed by atoms with Crippen LogP contribution in [0.4, 0.5) is 19.0 Å². The predicted molar refractivity (Wildman–Crippen MR) is 103 cm³/mol. The van der Waals surface area contributed by atoms with E-state index in [9.17, 15) is 22.8 Å². The average Bonchev–Trinajstić information content (AvgIpc) is 3.28. The lowest BCUT2D eigenvalue weighted by molar-refractivity contribution is -0.138. The van der Waals surface area contributed by atoms with Crippen molar-refractivity contribution in [2.75, 3.05) is 13.1 Å². The number of alkyl halides is 3. The maximum atomic E-state index is 13.5. The summed E-state index contributed by atoms with van der Waals surface area (Å²) in [7, 11) is 0. The smallest absolute Gasteiger partial charge is 0.248 e. The van der Waals surface area contributed by atoms with Crippen molar-refractivity contribution in [1.29, 1.82) is 0 Å². The van der Waals surface area contributed by atoms with Crippen molar-refractivity contribution < 1.29 is 22.8 Å². The Bertz CT molecular complexity index is 902. The second-order valence-electron chi connectivity index (χ2n) is 9.08. The molecule has 0 radical (unpaired) electrons. The first-order valence-corrected chi connectivity index (χ1v) is 10.8. The van der Waals surface area contributed by atoms with Crippen LogP contribution in [-0.2, 0) is 4.79 Å². The second-order valence-corrected chi connectivity index (χ2v) is 9.08. The molecule has 1 aromatic heterocycles. The SMILES string of the molecule is O=C1CC([C@H]2CC[C@@H]2C(=O)N2CC[C@@H](F)C2)=Nc2c1cnn2C1CCC(F)(F)CC1. The molecule has 3 fully saturated rings. The lowest BCUT2D eigenvalue weighted by Gasteiger charge is -2.39. The third kappa shape index (κ3) is 3.36. The van der Waals surface area contributed by atoms with Crippen LogP contribution in [0.15, 0.2) is 11.2 Å². The minimum atomic E-state index is -2.64. The van der Waals surface area contributed by atoms with Gasteiger partial charge in [-0.1, -0.05) is 0 Å². The summed E-state index contributed by atoms with van der Waals surface area (Å²) in [5, 5.41) is 4.31. The third-order valence-corrected chi connectivity index (χ3v) is 7.16. The number of hydrogen-bond acceptors (Lipinski definition) is 4. The second kappa shape index (κ2) is 7.20. The number of ketones is 1. The number of rotatable bonds is 3. The highest BCUT2D eigenvalue weighted by atomic mass is 19.3. The number of Topliss-reactive ketones (excluding diaryl/α,β-unsaturated/α-hetero) is 1. The Labute approximate surface area is 172 Å². The van der Waals surface area contributed by atoms with Crippen LogP contribution in [0.3, 0.4) is 0 Å². The van der Waals surface area contributed by atoms with E-state index in [4.69, 9.17) is 4.99 Å². The molecule has 3 atom stereocenters. The number of halogens is 3. The van der Waals surface area contributed by atoms with Crippen LogP contribution in [0.25, 0.3) is 0 Å². The van der Waals surface area contributed by atoms with Crippen LogP contribution in [0.1, 0.15) is 67.8 Å². The highest BCUT2D eigenvalue weighted by Gasteiger charge is 2.45. The quantitative estimate of drug-likeness (QED) is 0.742. The number of hydrogen-bond donors (Lipinski definition) is 0. The lowest BCUT2D eigenvalue weighted by Crippen LogP contribution is -2.46. The predicted octanol–water partition coefficient (Wildman–Crippen LogP) is 3.89. The van der Waals surface area contributed by atoms with E-state index in [1.165, 1.54) is 6.20 Å². The molecule has 30 heavy (non-hydrogen) atoms. The molecular formula is C21H25F3N4O2. The molecule has 0 bridgehead atoms. The largest absolute Gasteiger partial charge is 0.339 e. The first-order chi connectivity index (χ1) is 14.3. The Balaban J connectivity index is 1.37. The number of fused-ring (bicyclic) bond motifs is 1. The van der Waals surface area contributed by atoms with E-state index in [-0.39, 0.29) is 55.4 Å². The maximum Gasteiger partial charge on any atom is 0.248 e. The summed E-state index contributed by atoms with van der Waals surface area (Å²) in [6.07, 6.45) is 2.76. The molecule has 2 saturated carbocycles. The molecule has 0 spiro atoms. The van der Waals surface area contributed by atoms with Crippen molar-refractivity contribution in [2.24, 2.45) is 16.8 Å². The van der Waals surface area contributed by atoms with Crippen LogP contribution in [-0.4, -0.2) is 57.3 Å². The van der Waals surface area contributed by atoms with Crippen molar-refractivity contribution in [2.45, 2.75) is 69.5 Å². The molecule has 5 rings (SSSR count). The minimum Gasteiger partial charge on any atom is -0.339 e. The van der Waals surface area contributed by atoms with Gasteiger partial charge in [0, 0.05) is 36.9 Å². The zero-order chi connectivity index (χ0) is 21.0. The Morgan fingerprint density at radius 1 is 1.13 bits per heavy atom. The number of likely N-dealkylation sites (tertiary alicyclic amines) is 1. The van der Waals surface area contributed by atoms with E-state index >= 15 is 0 Å². The van der Waals surface area contributed by atoms with E-state index < -0.39 is 12.1 Å². The van der Waals surface area contributed by atoms with E-state index in [0.29, 0.717) is 49.3 Å². The molecule has 0 unspecified atom stereocenters. The highest BCUT2D eigenvalue weighted by molar-refractivity contribution is 6.16. The van der Waals surface area contributed by atoms with Gasteiger partial charge in [0.05, 0.1) is 30.8 Å². The van der Waals surface area contributed by atoms with Crippen molar-refractivity contribution in [3.8, 4) is 0 Å². The van der Waals surface area contributed by atoms with Gasteiger partial charge < -0.3 is 4.90 Å². The van der Waals surface area contributed by atoms with Gasteiger partial charge in [-0.2, -0.15) is 5.10 Å². The molecule has 2 aliphatic carbocycles. The molecular weight excluding hydrogens is 397 g/mol. The van der Waals surface area contributed by atoms with Gasteiger partial charge in [0.15, 0.2) is 11.6 Å². The Kier molecular flexibility index (Phi) is 4.74. The molecule has 162 valence electrons. The van der Waals surface area contributed by atoms with Crippen LogP contribution in [0.2, 0.25) is 0 Å². The summed E-state index contributed by atoms with van der Waals surface area (Å²) in [6, 6.07) is -0.200. The van der Waals surface area contributed by atoms with Gasteiger partial charge in [-0.25, -0.2) is 22.8 Å². The zero-order valence-electron chi connectivity index (χ0n) is 16.7. The summed E-state index contributed by atoms with van der Waals surface area (Å²) < 4.78 is 42.2. The summed E-state index contributed by atoms with van der Waals surface area (Å²) in [5.74, 6) is -2.71. The van der Waals surface area contributed by atoms with Crippen molar-refractivity contribution >= 4 is 23.2 Å². The maximum absolute atomic E-state index is 13.5. The van der Waals surface area contributed by atoms with Gasteiger partial charge in [0.1, 0.15) is 6.17 Å². The monoisotopic (exact) mass is 422 g/mol. The highest BCUT2D eigenvalue weighted by Crippen LogP contribution is 2.44. The zero-order valence-corrected chi connectivity index (χ0v) is 16.7. The van der Waals surface area contributed by atoms with E-state index in [1.54, 1.807) is 9.58 Å². The van der Waals surface area contributed by atoms with Gasteiger partial charge in [-0.3, -0.25) is 9.59 Å². The molecule has 1 aromatic rings. The van der Waals surface area contributed by atoms with Gasteiger partial charge in [0.25, 0.3) is 0 Å². The molecule has 0 N–H and O–H groups in total. The fraction of sp³-hybridized carbons (Fsp3) is 0.714. The third-order valence-electron chi connectivity index (χ3n) is 7.16. The minimum absolute atomic E-state index is 0.0460. The van der Waals surface area contributed by atoms with Crippen LogP contribution in [0.5, 0.6) is 0 Å². The Morgan fingerprint density at radius 2 is 1.90 bits per heavy atom. The van der Waals surface area contributed by atoms with E-state index in [0.717, 1.165) is 6.42 Å². The van der Waals surface area contributed by atoms with Crippen LogP contribution < -0.4 is 0 Å². The Morgan fingerprint density at radius 3 is 2.53 bits per heavy atom. The number of nitrogens with zero attached hydrogens (tertiary/aromatic N) is 4. The first-order valence-electron chi connectivity index (χ1n) is 10.8. The fourth-order valence-corrected chi connectivity index (χ4v) is 5.20. The normalized spacial score (nSPS) is 31.3. The fourth-order valence-electron chi connectivity index (χ4n) is 5.20. The summed E-state index contributed by atoms with van der Waals surface area (Å²) >= 11 is 0. The van der Waals surface area contributed by atoms with Crippen molar-refractivity contribution in [3.63, 3.8) is 0 Å². The van der Waals surface area contributed by atoms with Gasteiger partial charge in [0.2, 0.25) is 11.8 Å². The topological polar surface area (TPSA) is 67.6 Å². The van der Waals surface area contributed by atoms with E-state index in [2.05, 4.69) is 5.10 Å². The molecule has 0 aromatic carbocycles. The average molecular weight is 422 g/mol. The van der Waals surface area contributed by atoms with Gasteiger partial charge in [-0.05, 0) is 32.1 Å². The summed E-state index contributed by atoms with van der Waals surface area (Å²) in [6.45, 7) is 0.592. The summed E-state index contributed by atoms with van der Waals surface area (Å²) in [4.78, 5) is 31.8. The Hall–Kier alpha value is -2.19. The molecule has 6 nitrogen and oxygen atoms in total. The summed E-state index contributed by atoms with van der Waals surface area (Å²) in [5.41, 5.74) is 1.11. The standard InChI is InChI=1S/C21H25F3N4O2/c22-12-5-8-27(11-12)20(30)15-2-1-14(15)17-9-18(29)16-10-25-28(19(16)26-17)13-3-6-21(23,24)7-4-13/h10,12-15H,1-9,11H2/t12-,14+,15+/m1/s1. The molecule has 1 amide bonds. The molecule has 3 heterocycles. The van der Waals surface area contributed by atoms with Crippen LogP contribution >= 0.6 is 0 Å². The molecule has 1 saturated heterocycles. The molecule has 9 heteroatoms. The van der Waals surface area contributed by atoms with Gasteiger partial charge in [-0.15, -0.1) is 0 Å². The number of carbonyl (C=O) groups is 2. The van der Waals surface area contributed by atoms with Crippen molar-refractivity contribution in [3.05, 3.63) is 11.8 Å². The number of amides is 1. The molecule has 4 aliphatic rings. The number of carbonyl (C=O) groups excluding carboxylic acids is 2. The van der Waals surface area contributed by atoms with Crippen molar-refractivity contribution in [1.82, 2.24) is 14.7 Å². The van der Waals surface area contributed by atoms with Gasteiger partial charge >= 0.3 is 0 Å². The molecule has 2 aliphatic heterocycles. The van der Waals surface area contributed by atoms with Crippen LogP contribution in [0, 0.1) is 11.8 Å². The first kappa shape index (κ1) is 19.8. The number of aromatic nitrogens is 2.